The van der Waals surface area contributed by atoms with Crippen LogP contribution in [-0.2, 0) is 18.4 Å². The van der Waals surface area contributed by atoms with Crippen molar-refractivity contribution >= 4 is 17.6 Å². The summed E-state index contributed by atoms with van der Waals surface area (Å²) in [6, 6.07) is 5.21. The zero-order chi connectivity index (χ0) is 18.7. The SMILES string of the molecule is Cn1cnn(CC(=O)N2CCN(C(=O)Nc3ccc(F)cc3)CC2)c1=O. The van der Waals surface area contributed by atoms with Crippen LogP contribution in [0.1, 0.15) is 0 Å². The second-order valence-corrected chi connectivity index (χ2v) is 5.99. The quantitative estimate of drug-likeness (QED) is 0.838. The normalized spacial score (nSPS) is 14.4. The van der Waals surface area contributed by atoms with Gasteiger partial charge in [0.2, 0.25) is 5.91 Å². The molecule has 0 radical (unpaired) electrons. The Morgan fingerprint density at radius 1 is 1.12 bits per heavy atom. The van der Waals surface area contributed by atoms with Crippen LogP contribution < -0.4 is 11.0 Å². The molecule has 0 atom stereocenters. The number of hydrogen-bond acceptors (Lipinski definition) is 4. The molecule has 1 fully saturated rings. The summed E-state index contributed by atoms with van der Waals surface area (Å²) in [4.78, 5) is 39.4. The highest BCUT2D eigenvalue weighted by Crippen LogP contribution is 2.11. The van der Waals surface area contributed by atoms with Gasteiger partial charge in [-0.2, -0.15) is 5.10 Å². The average Bonchev–Trinajstić information content (AvgIpc) is 2.96. The number of anilines is 1. The Bertz CT molecular complexity index is 852. The molecule has 0 saturated carbocycles. The number of nitrogens with zero attached hydrogens (tertiary/aromatic N) is 5. The highest BCUT2D eigenvalue weighted by atomic mass is 19.1. The lowest BCUT2D eigenvalue weighted by Crippen LogP contribution is -2.52. The van der Waals surface area contributed by atoms with E-state index in [9.17, 15) is 18.8 Å². The van der Waals surface area contributed by atoms with Crippen molar-refractivity contribution in [3.8, 4) is 0 Å². The van der Waals surface area contributed by atoms with Gasteiger partial charge in [0.15, 0.2) is 0 Å². The molecule has 1 aromatic carbocycles. The minimum absolute atomic E-state index is 0.124. The predicted molar refractivity (Wildman–Crippen MR) is 91.0 cm³/mol. The highest BCUT2D eigenvalue weighted by molar-refractivity contribution is 5.89. The number of rotatable bonds is 3. The van der Waals surface area contributed by atoms with E-state index < -0.39 is 0 Å². The first-order valence-corrected chi connectivity index (χ1v) is 8.12. The maximum atomic E-state index is 12.9. The number of aromatic nitrogens is 3. The number of nitrogens with one attached hydrogen (secondary N) is 1. The molecule has 138 valence electrons. The fraction of sp³-hybridized carbons (Fsp3) is 0.375. The Hall–Kier alpha value is -3.17. The van der Waals surface area contributed by atoms with Gasteiger partial charge >= 0.3 is 11.7 Å². The molecule has 1 aliphatic heterocycles. The molecule has 2 heterocycles. The summed E-state index contributed by atoms with van der Waals surface area (Å²) in [5, 5.41) is 6.56. The van der Waals surface area contributed by atoms with Gasteiger partial charge in [0.1, 0.15) is 18.7 Å². The van der Waals surface area contributed by atoms with Crippen LogP contribution in [0.15, 0.2) is 35.4 Å². The molecule has 1 saturated heterocycles. The molecule has 1 N–H and O–H groups in total. The number of aryl methyl sites for hydroxylation is 1. The summed E-state index contributed by atoms with van der Waals surface area (Å²) in [6.45, 7) is 1.36. The minimum Gasteiger partial charge on any atom is -0.338 e. The highest BCUT2D eigenvalue weighted by Gasteiger charge is 2.24. The Kier molecular flexibility index (Phi) is 5.01. The van der Waals surface area contributed by atoms with Crippen LogP contribution in [0.4, 0.5) is 14.9 Å². The van der Waals surface area contributed by atoms with Crippen molar-refractivity contribution in [2.45, 2.75) is 6.54 Å². The van der Waals surface area contributed by atoms with Gasteiger partial charge in [0, 0.05) is 38.9 Å². The van der Waals surface area contributed by atoms with Gasteiger partial charge in [-0.1, -0.05) is 0 Å². The summed E-state index contributed by atoms with van der Waals surface area (Å²) in [7, 11) is 1.56. The minimum atomic E-state index is -0.373. The number of urea groups is 1. The number of amides is 3. The molecular formula is C16H19FN6O3. The third-order valence-electron chi connectivity index (χ3n) is 4.19. The van der Waals surface area contributed by atoms with Crippen LogP contribution in [0.5, 0.6) is 0 Å². The van der Waals surface area contributed by atoms with E-state index in [0.717, 1.165) is 4.68 Å². The number of benzene rings is 1. The fourth-order valence-corrected chi connectivity index (χ4v) is 2.65. The number of carbonyl (C=O) groups excluding carboxylic acids is 2. The van der Waals surface area contributed by atoms with Crippen LogP contribution in [0.2, 0.25) is 0 Å². The van der Waals surface area contributed by atoms with Gasteiger partial charge in [-0.05, 0) is 24.3 Å². The van der Waals surface area contributed by atoms with Gasteiger partial charge in [-0.15, -0.1) is 0 Å². The molecule has 26 heavy (non-hydrogen) atoms. The van der Waals surface area contributed by atoms with Crippen LogP contribution in [-0.4, -0.2) is 62.3 Å². The van der Waals surface area contributed by atoms with E-state index in [0.29, 0.717) is 31.9 Å². The topological polar surface area (TPSA) is 92.5 Å². The zero-order valence-corrected chi connectivity index (χ0v) is 14.3. The van der Waals surface area contributed by atoms with Crippen molar-refractivity contribution in [3.05, 3.63) is 46.9 Å². The fourth-order valence-electron chi connectivity index (χ4n) is 2.65. The molecule has 0 aliphatic carbocycles. The third kappa shape index (κ3) is 3.90. The first kappa shape index (κ1) is 17.6. The predicted octanol–water partition coefficient (Wildman–Crippen LogP) is 0.0972. The number of hydrogen-bond donors (Lipinski definition) is 1. The summed E-state index contributed by atoms with van der Waals surface area (Å²) < 4.78 is 15.3. The first-order chi connectivity index (χ1) is 12.4. The average molecular weight is 362 g/mol. The lowest BCUT2D eigenvalue weighted by molar-refractivity contribution is -0.133. The van der Waals surface area contributed by atoms with Crippen LogP contribution >= 0.6 is 0 Å². The van der Waals surface area contributed by atoms with Crippen molar-refractivity contribution in [1.29, 1.82) is 0 Å². The summed E-state index contributed by atoms with van der Waals surface area (Å²) in [6.07, 6.45) is 1.35. The van der Waals surface area contributed by atoms with Gasteiger partial charge < -0.3 is 15.1 Å². The smallest absolute Gasteiger partial charge is 0.338 e. The molecular weight excluding hydrogens is 343 g/mol. The van der Waals surface area contributed by atoms with E-state index in [1.165, 1.54) is 35.2 Å². The van der Waals surface area contributed by atoms with E-state index in [1.54, 1.807) is 16.8 Å². The van der Waals surface area contributed by atoms with E-state index in [2.05, 4.69) is 10.4 Å². The number of carbonyl (C=O) groups is 2. The summed E-state index contributed by atoms with van der Waals surface area (Å²) in [5.74, 6) is -0.591. The van der Waals surface area contributed by atoms with Gasteiger partial charge in [-0.3, -0.25) is 9.36 Å². The molecule has 3 rings (SSSR count). The zero-order valence-electron chi connectivity index (χ0n) is 14.3. The van der Waals surface area contributed by atoms with E-state index in [-0.39, 0.29) is 30.0 Å². The maximum absolute atomic E-state index is 12.9. The summed E-state index contributed by atoms with van der Waals surface area (Å²) in [5.41, 5.74) is 0.153. The Labute approximate surface area is 148 Å². The van der Waals surface area contributed by atoms with E-state index >= 15 is 0 Å². The first-order valence-electron chi connectivity index (χ1n) is 8.12. The molecule has 0 bridgehead atoms. The lowest BCUT2D eigenvalue weighted by Gasteiger charge is -2.34. The number of halogens is 1. The van der Waals surface area contributed by atoms with E-state index in [1.807, 2.05) is 0 Å². The molecule has 1 aromatic heterocycles. The Morgan fingerprint density at radius 3 is 2.31 bits per heavy atom. The molecule has 0 spiro atoms. The molecule has 10 heteroatoms. The number of piperazine rings is 1. The van der Waals surface area contributed by atoms with Gasteiger partial charge in [-0.25, -0.2) is 18.7 Å². The Morgan fingerprint density at radius 2 is 1.73 bits per heavy atom. The third-order valence-corrected chi connectivity index (χ3v) is 4.19. The van der Waals surface area contributed by atoms with Crippen molar-refractivity contribution in [2.75, 3.05) is 31.5 Å². The van der Waals surface area contributed by atoms with Crippen molar-refractivity contribution in [2.24, 2.45) is 7.05 Å². The molecule has 9 nitrogen and oxygen atoms in total. The monoisotopic (exact) mass is 362 g/mol. The standard InChI is InChI=1S/C16H19FN6O3/c1-20-11-18-23(16(20)26)10-14(24)21-6-8-22(9-7-21)15(25)19-13-4-2-12(17)3-5-13/h2-5,11H,6-10H2,1H3,(H,19,25). The van der Waals surface area contributed by atoms with Crippen molar-refractivity contribution < 1.29 is 14.0 Å². The van der Waals surface area contributed by atoms with Crippen molar-refractivity contribution in [3.63, 3.8) is 0 Å². The Balaban J connectivity index is 1.51. The lowest BCUT2D eigenvalue weighted by atomic mass is 10.3. The van der Waals surface area contributed by atoms with Crippen molar-refractivity contribution in [1.82, 2.24) is 24.1 Å². The molecule has 2 aromatic rings. The molecule has 0 unspecified atom stereocenters. The largest absolute Gasteiger partial charge is 0.345 e. The summed E-state index contributed by atoms with van der Waals surface area (Å²) >= 11 is 0. The van der Waals surface area contributed by atoms with Crippen LogP contribution in [0.3, 0.4) is 0 Å². The van der Waals surface area contributed by atoms with Gasteiger partial charge in [0.05, 0.1) is 0 Å². The van der Waals surface area contributed by atoms with E-state index in [4.69, 9.17) is 0 Å². The second kappa shape index (κ2) is 7.38. The maximum Gasteiger partial charge on any atom is 0.345 e. The molecule has 3 amide bonds. The van der Waals surface area contributed by atoms with Crippen LogP contribution in [0.25, 0.3) is 0 Å². The van der Waals surface area contributed by atoms with Crippen LogP contribution in [0, 0.1) is 5.82 Å². The van der Waals surface area contributed by atoms with Gasteiger partial charge in [0.25, 0.3) is 0 Å². The molecule has 1 aliphatic rings. The second-order valence-electron chi connectivity index (χ2n) is 5.99.